The molecule has 0 fully saturated rings. The van der Waals surface area contributed by atoms with Crippen molar-refractivity contribution in [3.63, 3.8) is 0 Å². The van der Waals surface area contributed by atoms with Gasteiger partial charge in [-0.1, -0.05) is 47.0 Å². The molecule has 0 heterocycles. The summed E-state index contributed by atoms with van der Waals surface area (Å²) in [6, 6.07) is 12.9. The molecule has 1 amide bonds. The fourth-order valence-electron chi connectivity index (χ4n) is 2.16. The van der Waals surface area contributed by atoms with Gasteiger partial charge in [-0.15, -0.1) is 0 Å². The van der Waals surface area contributed by atoms with E-state index in [1.165, 1.54) is 7.41 Å². The quantitative estimate of drug-likeness (QED) is 0.250. The van der Waals surface area contributed by atoms with Crippen LogP contribution in [0.25, 0.3) is 10.4 Å². The molecule has 2 aromatic rings. The molecule has 2 aromatic carbocycles. The third-order valence-electron chi connectivity index (χ3n) is 3.36. The number of hydrogen-bond donors (Lipinski definition) is 2. The van der Waals surface area contributed by atoms with Crippen molar-refractivity contribution in [2.75, 3.05) is 5.32 Å². The van der Waals surface area contributed by atoms with Crippen molar-refractivity contribution in [1.29, 1.82) is 0 Å². The van der Waals surface area contributed by atoms with Gasteiger partial charge >= 0.3 is 0 Å². The molecule has 0 bridgehead atoms. The van der Waals surface area contributed by atoms with Gasteiger partial charge in [-0.25, -0.2) is 0 Å². The number of azide groups is 1. The van der Waals surface area contributed by atoms with Crippen LogP contribution in [0.1, 0.15) is 5.56 Å². The number of anilines is 1. The number of carbonyl (C=O) groups is 2. The Balaban J connectivity index is 2.10. The number of carbonyl (C=O) groups excluding carboxylic acids is 2. The Bertz CT molecular complexity index is 793. The largest absolute Gasteiger partial charge is 0.343 e. The average Bonchev–Trinajstić information content (AvgIpc) is 2.62. The van der Waals surface area contributed by atoms with Crippen LogP contribution in [-0.4, -0.2) is 25.5 Å². The second-order valence-corrected chi connectivity index (χ2v) is 5.45. The summed E-state index contributed by atoms with van der Waals surface area (Å²) in [5, 5.41) is 9.52. The number of nitrogens with one attached hydrogen (secondary N) is 2. The van der Waals surface area contributed by atoms with E-state index in [0.717, 1.165) is 5.56 Å². The minimum Gasteiger partial charge on any atom is -0.343 e. The number of nitrogens with zero attached hydrogens (tertiary/aromatic N) is 3. The van der Waals surface area contributed by atoms with E-state index in [4.69, 9.17) is 17.1 Å². The highest BCUT2D eigenvalue weighted by Gasteiger charge is 2.19. The van der Waals surface area contributed by atoms with E-state index in [9.17, 15) is 9.59 Å². The fraction of sp³-hybridized carbons (Fsp3) is 0.125. The van der Waals surface area contributed by atoms with Crippen molar-refractivity contribution in [1.82, 2.24) is 5.23 Å². The Kier molecular flexibility index (Phi) is 7.04. The minimum atomic E-state index is -0.679. The third-order valence-corrected chi connectivity index (χ3v) is 3.73. The van der Waals surface area contributed by atoms with Crippen LogP contribution in [0, 0.1) is 0 Å². The summed E-state index contributed by atoms with van der Waals surface area (Å²) < 4.78 is 0. The van der Waals surface area contributed by atoms with Gasteiger partial charge in [0, 0.05) is 21.3 Å². The predicted octanol–water partition coefficient (Wildman–Crippen LogP) is 3.23. The second-order valence-electron chi connectivity index (χ2n) is 5.04. The molecule has 0 saturated heterocycles. The molecule has 0 unspecified atom stereocenters. The van der Waals surface area contributed by atoms with Crippen LogP contribution < -0.4 is 10.5 Å². The first-order valence-electron chi connectivity index (χ1n) is 7.36. The van der Waals surface area contributed by atoms with Crippen molar-refractivity contribution in [2.24, 2.45) is 5.11 Å². The third kappa shape index (κ3) is 5.65. The summed E-state index contributed by atoms with van der Waals surface area (Å²) in [6.45, 7) is 0. The van der Waals surface area contributed by atoms with Crippen molar-refractivity contribution < 1.29 is 9.59 Å². The van der Waals surface area contributed by atoms with Gasteiger partial charge in [-0.2, -0.15) is 0 Å². The first-order valence-corrected chi connectivity index (χ1v) is 7.74. The van der Waals surface area contributed by atoms with Crippen molar-refractivity contribution in [2.45, 2.75) is 12.5 Å². The van der Waals surface area contributed by atoms with Gasteiger partial charge < -0.3 is 15.3 Å². The molecule has 0 spiro atoms. The van der Waals surface area contributed by atoms with Gasteiger partial charge in [-0.05, 0) is 35.7 Å². The summed E-state index contributed by atoms with van der Waals surface area (Å²) in [5.74, 6) is -0.324. The van der Waals surface area contributed by atoms with E-state index in [2.05, 4.69) is 20.6 Å². The van der Waals surface area contributed by atoms with Crippen molar-refractivity contribution in [3.8, 4) is 0 Å². The Morgan fingerprint density at radius 1 is 1.28 bits per heavy atom. The summed E-state index contributed by atoms with van der Waals surface area (Å²) in [5.41, 5.74) is 10.2. The lowest BCUT2D eigenvalue weighted by atomic mass is 9.93. The van der Waals surface area contributed by atoms with Gasteiger partial charge in [0.25, 0.3) is 7.41 Å². The maximum atomic E-state index is 12.5. The minimum absolute atomic E-state index is 0.312. The molecule has 1 radical (unpaired) electrons. The monoisotopic (exact) mass is 354 g/mol. The molecule has 25 heavy (non-hydrogen) atoms. The molecule has 125 valence electrons. The van der Waals surface area contributed by atoms with Crippen LogP contribution in [0.15, 0.2) is 53.6 Å². The number of halogens is 1. The fourth-order valence-corrected chi connectivity index (χ4v) is 2.37. The molecule has 0 saturated carbocycles. The maximum Gasteiger partial charge on any atom is 0.291 e. The van der Waals surface area contributed by atoms with E-state index in [0.29, 0.717) is 29.0 Å². The number of amides is 1. The molecule has 9 heteroatoms. The molecular formula is C16H14BClN5O2. The number of hydrogen-bond acceptors (Lipinski definition) is 4. The lowest BCUT2D eigenvalue weighted by molar-refractivity contribution is -0.117. The van der Waals surface area contributed by atoms with E-state index < -0.39 is 6.04 Å². The van der Waals surface area contributed by atoms with Gasteiger partial charge in [0.05, 0.1) is 12.2 Å². The molecule has 2 rings (SSSR count). The van der Waals surface area contributed by atoms with Gasteiger partial charge in [0.1, 0.15) is 0 Å². The van der Waals surface area contributed by atoms with Gasteiger partial charge in [0.2, 0.25) is 5.91 Å². The Morgan fingerprint density at radius 2 is 2.00 bits per heavy atom. The summed E-state index contributed by atoms with van der Waals surface area (Å²) in [6.07, 6.45) is 0.883. The highest BCUT2D eigenvalue weighted by Crippen LogP contribution is 2.19. The zero-order valence-electron chi connectivity index (χ0n) is 13.1. The second kappa shape index (κ2) is 9.49. The van der Waals surface area contributed by atoms with Crippen LogP contribution in [0.4, 0.5) is 11.4 Å². The smallest absolute Gasteiger partial charge is 0.291 e. The van der Waals surface area contributed by atoms with Gasteiger partial charge in [-0.3, -0.25) is 4.79 Å². The van der Waals surface area contributed by atoms with Gasteiger partial charge in [0.15, 0.2) is 0 Å². The molecule has 1 atom stereocenters. The van der Waals surface area contributed by atoms with E-state index >= 15 is 0 Å². The molecule has 0 aliphatic heterocycles. The molecule has 2 N–H and O–H groups in total. The molecule has 7 nitrogen and oxygen atoms in total. The standard InChI is InChI=1S/C16H14BClN5O2/c18-14-4-2-1-3-11(14)9-15(21-17-10-24)16(25)20-12-5-7-13(8-6-12)22-23-19/h1-8,10,15,21H,9H2,(H,20,25)/t15-/m0/s1. The summed E-state index contributed by atoms with van der Waals surface area (Å²) >= 11 is 6.14. The number of benzene rings is 2. The normalized spacial score (nSPS) is 11.1. The summed E-state index contributed by atoms with van der Waals surface area (Å²) in [7, 11) is 1.17. The maximum absolute atomic E-state index is 12.5. The van der Waals surface area contributed by atoms with E-state index in [1.807, 2.05) is 12.1 Å². The predicted molar refractivity (Wildman–Crippen MR) is 98.5 cm³/mol. The van der Waals surface area contributed by atoms with Crippen molar-refractivity contribution in [3.05, 3.63) is 69.6 Å². The summed E-state index contributed by atoms with van der Waals surface area (Å²) in [4.78, 5) is 25.8. The van der Waals surface area contributed by atoms with Crippen LogP contribution in [0.5, 0.6) is 0 Å². The molecule has 0 aliphatic rings. The topological polar surface area (TPSA) is 107 Å². The Morgan fingerprint density at radius 3 is 2.64 bits per heavy atom. The van der Waals surface area contributed by atoms with Crippen LogP contribution in [0.3, 0.4) is 0 Å². The number of rotatable bonds is 8. The van der Waals surface area contributed by atoms with E-state index in [1.54, 1.807) is 36.4 Å². The lowest BCUT2D eigenvalue weighted by Gasteiger charge is -2.18. The van der Waals surface area contributed by atoms with Crippen LogP contribution in [0.2, 0.25) is 5.02 Å². The Hall–Kier alpha value is -2.80. The zero-order chi connectivity index (χ0) is 18.1. The highest BCUT2D eigenvalue weighted by atomic mass is 35.5. The first-order chi connectivity index (χ1) is 12.1. The van der Waals surface area contributed by atoms with E-state index in [-0.39, 0.29) is 5.91 Å². The molecule has 0 aliphatic carbocycles. The van der Waals surface area contributed by atoms with Crippen molar-refractivity contribution >= 4 is 42.5 Å². The first kappa shape index (κ1) is 18.5. The Labute approximate surface area is 150 Å². The van der Waals surface area contributed by atoms with Crippen LogP contribution in [-0.2, 0) is 16.0 Å². The molecule has 0 aromatic heterocycles. The van der Waals surface area contributed by atoms with Crippen LogP contribution >= 0.6 is 11.6 Å². The zero-order valence-corrected chi connectivity index (χ0v) is 13.8. The average molecular weight is 355 g/mol. The molecular weight excluding hydrogens is 340 g/mol. The lowest BCUT2D eigenvalue weighted by Crippen LogP contribution is -2.44. The SMILES string of the molecule is [N-]=[N+]=Nc1ccc(NC(=O)[C@H](Cc2ccccc2Cl)N[B]C=O)cc1. The highest BCUT2D eigenvalue weighted by molar-refractivity contribution is 6.64.